The number of halogens is 1. The van der Waals surface area contributed by atoms with E-state index in [-0.39, 0.29) is 23.4 Å². The third kappa shape index (κ3) is 4.83. The molecule has 1 amide bonds. The fourth-order valence-corrected chi connectivity index (χ4v) is 2.99. The van der Waals surface area contributed by atoms with Gasteiger partial charge >= 0.3 is 0 Å². The van der Waals surface area contributed by atoms with Crippen molar-refractivity contribution in [2.75, 3.05) is 19.7 Å². The van der Waals surface area contributed by atoms with Gasteiger partial charge in [-0.05, 0) is 57.0 Å². The molecule has 1 atom stereocenters. The molecule has 27 heavy (non-hydrogen) atoms. The van der Waals surface area contributed by atoms with Crippen LogP contribution in [0.1, 0.15) is 48.5 Å². The molecule has 0 radical (unpaired) electrons. The molecule has 0 aliphatic carbocycles. The van der Waals surface area contributed by atoms with E-state index in [9.17, 15) is 9.18 Å². The van der Waals surface area contributed by atoms with Crippen LogP contribution in [0.5, 0.6) is 5.75 Å². The third-order valence-corrected chi connectivity index (χ3v) is 4.29. The first-order chi connectivity index (χ1) is 12.7. The van der Waals surface area contributed by atoms with Gasteiger partial charge in [0, 0.05) is 6.54 Å². The van der Waals surface area contributed by atoms with Crippen molar-refractivity contribution in [2.45, 2.75) is 39.4 Å². The van der Waals surface area contributed by atoms with E-state index in [1.807, 2.05) is 20.8 Å². The van der Waals surface area contributed by atoms with E-state index < -0.39 is 0 Å². The number of amides is 1. The van der Waals surface area contributed by atoms with Crippen molar-refractivity contribution in [3.63, 3.8) is 0 Å². The smallest absolute Gasteiger partial charge is 0.272 e. The summed E-state index contributed by atoms with van der Waals surface area (Å²) in [7, 11) is 0. The quantitative estimate of drug-likeness (QED) is 0.819. The number of hydrogen-bond donors (Lipinski definition) is 0. The zero-order chi connectivity index (χ0) is 19.6. The normalized spacial score (nSPS) is 17.7. The molecule has 2 heterocycles. The Morgan fingerprint density at radius 2 is 2.07 bits per heavy atom. The molecule has 0 saturated carbocycles. The number of hydrogen-bond acceptors (Lipinski definition) is 4. The summed E-state index contributed by atoms with van der Waals surface area (Å²) < 4.78 is 25.0. The van der Waals surface area contributed by atoms with Crippen LogP contribution in [0.4, 0.5) is 4.39 Å². The van der Waals surface area contributed by atoms with Gasteiger partial charge < -0.3 is 14.4 Å². The predicted octanol–water partition coefficient (Wildman–Crippen LogP) is 3.92. The van der Waals surface area contributed by atoms with E-state index in [1.54, 1.807) is 42.3 Å². The fourth-order valence-electron chi connectivity index (χ4n) is 2.99. The van der Waals surface area contributed by atoms with Crippen LogP contribution in [0.25, 0.3) is 0 Å². The summed E-state index contributed by atoms with van der Waals surface area (Å²) >= 11 is 0. The number of aromatic nitrogens is 1. The van der Waals surface area contributed by atoms with Gasteiger partial charge in [-0.3, -0.25) is 4.79 Å². The van der Waals surface area contributed by atoms with Crippen LogP contribution in [0.2, 0.25) is 0 Å². The van der Waals surface area contributed by atoms with Gasteiger partial charge in [0.2, 0.25) is 0 Å². The minimum atomic E-state index is -0.322. The molecule has 0 N–H and O–H groups in total. The van der Waals surface area contributed by atoms with Gasteiger partial charge in [0.05, 0.1) is 19.3 Å². The van der Waals surface area contributed by atoms with Gasteiger partial charge in [0.15, 0.2) is 0 Å². The highest BCUT2D eigenvalue weighted by Gasteiger charge is 2.27. The number of aryl methyl sites for hydroxylation is 1. The molecule has 144 valence electrons. The van der Waals surface area contributed by atoms with Crippen LogP contribution in [0, 0.1) is 12.7 Å². The summed E-state index contributed by atoms with van der Waals surface area (Å²) in [4.78, 5) is 18.8. The van der Waals surface area contributed by atoms with Crippen molar-refractivity contribution in [2.24, 2.45) is 0 Å². The van der Waals surface area contributed by atoms with Crippen LogP contribution < -0.4 is 4.74 Å². The minimum absolute atomic E-state index is 0.149. The van der Waals surface area contributed by atoms with E-state index in [4.69, 9.17) is 9.47 Å². The molecule has 1 aromatic heterocycles. The molecule has 2 aromatic rings. The SMILES string of the molecule is Cc1cc([C@H]2CN(C(=O)c3ccc(OC(C)(C)C)cn3)CCO2)ccc1F. The molecular formula is C21H25FN2O3. The number of ether oxygens (including phenoxy) is 2. The highest BCUT2D eigenvalue weighted by Crippen LogP contribution is 2.25. The second-order valence-corrected chi connectivity index (χ2v) is 7.71. The maximum absolute atomic E-state index is 13.5. The third-order valence-electron chi connectivity index (χ3n) is 4.29. The number of benzene rings is 1. The van der Waals surface area contributed by atoms with E-state index in [1.165, 1.54) is 6.07 Å². The average Bonchev–Trinajstić information content (AvgIpc) is 2.63. The van der Waals surface area contributed by atoms with Crippen LogP contribution in [-0.4, -0.2) is 41.1 Å². The molecular weight excluding hydrogens is 347 g/mol. The molecule has 1 saturated heterocycles. The highest BCUT2D eigenvalue weighted by atomic mass is 19.1. The Bertz CT molecular complexity index is 815. The molecule has 5 nitrogen and oxygen atoms in total. The Balaban J connectivity index is 1.70. The molecule has 6 heteroatoms. The zero-order valence-corrected chi connectivity index (χ0v) is 16.2. The van der Waals surface area contributed by atoms with E-state index in [0.717, 1.165) is 5.56 Å². The van der Waals surface area contributed by atoms with Gasteiger partial charge in [-0.25, -0.2) is 9.37 Å². The lowest BCUT2D eigenvalue weighted by molar-refractivity contribution is -0.0230. The van der Waals surface area contributed by atoms with Crippen LogP contribution in [0.3, 0.4) is 0 Å². The Labute approximate surface area is 159 Å². The van der Waals surface area contributed by atoms with Crippen LogP contribution in [0.15, 0.2) is 36.5 Å². The summed E-state index contributed by atoms with van der Waals surface area (Å²) in [6.07, 6.45) is 1.30. The number of pyridine rings is 1. The van der Waals surface area contributed by atoms with Gasteiger partial charge in [-0.1, -0.05) is 12.1 Å². The van der Waals surface area contributed by atoms with Gasteiger partial charge in [-0.2, -0.15) is 0 Å². The van der Waals surface area contributed by atoms with Gasteiger partial charge in [0.25, 0.3) is 5.91 Å². The van der Waals surface area contributed by atoms with Crippen molar-refractivity contribution in [1.29, 1.82) is 0 Å². The highest BCUT2D eigenvalue weighted by molar-refractivity contribution is 5.92. The first-order valence-corrected chi connectivity index (χ1v) is 9.05. The molecule has 0 spiro atoms. The Hall–Kier alpha value is -2.47. The van der Waals surface area contributed by atoms with Crippen molar-refractivity contribution in [3.05, 3.63) is 59.2 Å². The fraction of sp³-hybridized carbons (Fsp3) is 0.429. The summed E-state index contributed by atoms with van der Waals surface area (Å²) in [5.41, 5.74) is 1.48. The summed E-state index contributed by atoms with van der Waals surface area (Å²) in [5, 5.41) is 0. The van der Waals surface area contributed by atoms with E-state index in [2.05, 4.69) is 4.98 Å². The average molecular weight is 372 g/mol. The lowest BCUT2D eigenvalue weighted by Gasteiger charge is -2.33. The van der Waals surface area contributed by atoms with Crippen LogP contribution in [-0.2, 0) is 4.74 Å². The number of rotatable bonds is 3. The number of nitrogens with zero attached hydrogens (tertiary/aromatic N) is 2. The van der Waals surface area contributed by atoms with Crippen molar-refractivity contribution >= 4 is 5.91 Å². The lowest BCUT2D eigenvalue weighted by Crippen LogP contribution is -2.42. The van der Waals surface area contributed by atoms with Crippen molar-refractivity contribution in [3.8, 4) is 5.75 Å². The summed E-state index contributed by atoms with van der Waals surface area (Å²) in [6.45, 7) is 8.92. The zero-order valence-electron chi connectivity index (χ0n) is 16.2. The topological polar surface area (TPSA) is 51.7 Å². The number of morpholine rings is 1. The number of carbonyl (C=O) groups is 1. The Morgan fingerprint density at radius 3 is 2.70 bits per heavy atom. The largest absolute Gasteiger partial charge is 0.487 e. The lowest BCUT2D eigenvalue weighted by atomic mass is 10.0. The molecule has 1 aliphatic heterocycles. The molecule has 1 aromatic carbocycles. The Morgan fingerprint density at radius 1 is 1.30 bits per heavy atom. The summed E-state index contributed by atoms with van der Waals surface area (Å²) in [5.74, 6) is 0.231. The van der Waals surface area contributed by atoms with E-state index >= 15 is 0 Å². The number of carbonyl (C=O) groups excluding carboxylic acids is 1. The molecule has 1 fully saturated rings. The maximum atomic E-state index is 13.5. The Kier molecular flexibility index (Phi) is 5.46. The second kappa shape index (κ2) is 7.64. The predicted molar refractivity (Wildman–Crippen MR) is 100 cm³/mol. The summed E-state index contributed by atoms with van der Waals surface area (Å²) in [6, 6.07) is 8.34. The molecule has 3 rings (SSSR count). The first-order valence-electron chi connectivity index (χ1n) is 9.05. The monoisotopic (exact) mass is 372 g/mol. The standard InChI is InChI=1S/C21H25FN2O3/c1-14-11-15(5-7-17(14)22)19-13-24(9-10-26-19)20(25)18-8-6-16(12-23-18)27-21(2,3)4/h5-8,11-12,19H,9-10,13H2,1-4H3/t19-/m1/s1. The molecule has 0 unspecified atom stereocenters. The molecule has 0 bridgehead atoms. The van der Waals surface area contributed by atoms with Crippen molar-refractivity contribution < 1.29 is 18.7 Å². The van der Waals surface area contributed by atoms with E-state index in [0.29, 0.717) is 36.7 Å². The van der Waals surface area contributed by atoms with Crippen LogP contribution >= 0.6 is 0 Å². The molecule has 1 aliphatic rings. The maximum Gasteiger partial charge on any atom is 0.272 e. The first kappa shape index (κ1) is 19.3. The van der Waals surface area contributed by atoms with Gasteiger partial charge in [-0.15, -0.1) is 0 Å². The van der Waals surface area contributed by atoms with Gasteiger partial charge in [0.1, 0.15) is 29.0 Å². The van der Waals surface area contributed by atoms with Crippen molar-refractivity contribution in [1.82, 2.24) is 9.88 Å². The second-order valence-electron chi connectivity index (χ2n) is 7.71. The minimum Gasteiger partial charge on any atom is -0.487 e.